The maximum Gasteiger partial charge on any atom is 0.258 e. The van der Waals surface area contributed by atoms with Gasteiger partial charge >= 0.3 is 0 Å². The summed E-state index contributed by atoms with van der Waals surface area (Å²) in [6, 6.07) is 11.6. The van der Waals surface area contributed by atoms with Crippen LogP contribution in [0.25, 0.3) is 11.1 Å². The second-order valence-corrected chi connectivity index (χ2v) is 7.55. The van der Waals surface area contributed by atoms with Gasteiger partial charge in [-0.3, -0.25) is 9.59 Å². The van der Waals surface area contributed by atoms with E-state index in [0.29, 0.717) is 33.2 Å². The van der Waals surface area contributed by atoms with E-state index in [9.17, 15) is 9.59 Å². The Morgan fingerprint density at radius 1 is 1.00 bits per heavy atom. The van der Waals surface area contributed by atoms with E-state index in [0.717, 1.165) is 5.69 Å². The number of nitrogens with one attached hydrogen (secondary N) is 2. The van der Waals surface area contributed by atoms with Gasteiger partial charge in [0.2, 0.25) is 0 Å². The zero-order valence-electron chi connectivity index (χ0n) is 16.7. The second kappa shape index (κ2) is 8.53. The van der Waals surface area contributed by atoms with Gasteiger partial charge in [-0.05, 0) is 36.2 Å². The van der Waals surface area contributed by atoms with Crippen molar-refractivity contribution in [3.63, 3.8) is 0 Å². The van der Waals surface area contributed by atoms with Gasteiger partial charge in [-0.2, -0.15) is 0 Å². The summed E-state index contributed by atoms with van der Waals surface area (Å²) in [4.78, 5) is 33.8. The average Bonchev–Trinajstić information content (AvgIpc) is 3.19. The summed E-state index contributed by atoms with van der Waals surface area (Å²) in [5, 5.41) is 10.6. The van der Waals surface area contributed by atoms with Gasteiger partial charge in [0, 0.05) is 12.4 Å². The highest BCUT2D eigenvalue weighted by Gasteiger charge is 2.18. The number of rotatable bonds is 5. The van der Waals surface area contributed by atoms with E-state index in [-0.39, 0.29) is 11.5 Å². The molecular weight excluding hydrogens is 418 g/mol. The van der Waals surface area contributed by atoms with E-state index in [1.807, 2.05) is 13.8 Å². The van der Waals surface area contributed by atoms with Crippen molar-refractivity contribution in [3.8, 4) is 0 Å². The first-order valence-corrected chi connectivity index (χ1v) is 9.89. The van der Waals surface area contributed by atoms with Gasteiger partial charge in [-0.15, -0.1) is 0 Å². The Labute approximate surface area is 182 Å². The molecule has 0 saturated carbocycles. The van der Waals surface area contributed by atoms with Crippen molar-refractivity contribution >= 4 is 46.0 Å². The van der Waals surface area contributed by atoms with Gasteiger partial charge in [0.1, 0.15) is 5.82 Å². The number of carbonyl (C=O) groups excluding carboxylic acids is 2. The number of pyridine rings is 2. The summed E-state index contributed by atoms with van der Waals surface area (Å²) in [6.07, 6.45) is 2.84. The number of aromatic nitrogens is 3. The molecule has 0 aliphatic carbocycles. The normalized spacial score (nSPS) is 11.0. The summed E-state index contributed by atoms with van der Waals surface area (Å²) < 4.78 is 5.22. The fourth-order valence-electron chi connectivity index (χ4n) is 3.01. The largest absolute Gasteiger partial charge is 0.336 e. The van der Waals surface area contributed by atoms with Gasteiger partial charge in [0.25, 0.3) is 17.5 Å². The van der Waals surface area contributed by atoms with Gasteiger partial charge in [0.15, 0.2) is 0 Å². The molecule has 3 aromatic heterocycles. The predicted octanol–water partition coefficient (Wildman–Crippen LogP) is 4.90. The molecular formula is C22H18ClN5O3. The van der Waals surface area contributed by atoms with Crippen LogP contribution in [0, 0.1) is 0 Å². The number of halogens is 1. The van der Waals surface area contributed by atoms with Crippen LogP contribution in [0.5, 0.6) is 0 Å². The topological polar surface area (TPSA) is 110 Å². The Bertz CT molecular complexity index is 1270. The molecule has 3 heterocycles. The maximum absolute atomic E-state index is 12.9. The first-order valence-electron chi connectivity index (χ1n) is 9.51. The Morgan fingerprint density at radius 2 is 1.81 bits per heavy atom. The smallest absolute Gasteiger partial charge is 0.258 e. The summed E-state index contributed by atoms with van der Waals surface area (Å²) in [5.74, 6) is -0.360. The van der Waals surface area contributed by atoms with Crippen molar-refractivity contribution in [1.29, 1.82) is 0 Å². The number of para-hydroxylation sites is 1. The zero-order valence-corrected chi connectivity index (χ0v) is 17.5. The molecule has 0 radical (unpaired) electrons. The monoisotopic (exact) mass is 435 g/mol. The number of carbonyl (C=O) groups is 2. The van der Waals surface area contributed by atoms with E-state index in [1.54, 1.807) is 42.5 Å². The third-order valence-electron chi connectivity index (χ3n) is 4.56. The summed E-state index contributed by atoms with van der Waals surface area (Å²) in [6.45, 7) is 3.96. The van der Waals surface area contributed by atoms with Crippen LogP contribution in [-0.2, 0) is 0 Å². The number of hydrogen-bond donors (Lipinski definition) is 2. The van der Waals surface area contributed by atoms with E-state index in [2.05, 4.69) is 25.8 Å². The lowest BCUT2D eigenvalue weighted by Crippen LogP contribution is -2.18. The lowest BCUT2D eigenvalue weighted by atomic mass is 10.1. The number of nitrogens with zero attached hydrogens (tertiary/aromatic N) is 3. The zero-order chi connectivity index (χ0) is 22.0. The molecule has 2 amide bonds. The minimum absolute atomic E-state index is 0.118. The van der Waals surface area contributed by atoms with Crippen LogP contribution in [0.15, 0.2) is 59.4 Å². The van der Waals surface area contributed by atoms with Crippen molar-refractivity contribution in [2.75, 3.05) is 10.6 Å². The highest BCUT2D eigenvalue weighted by molar-refractivity contribution is 6.30. The molecule has 0 bridgehead atoms. The third kappa shape index (κ3) is 4.39. The third-order valence-corrected chi connectivity index (χ3v) is 4.78. The van der Waals surface area contributed by atoms with Crippen LogP contribution < -0.4 is 10.6 Å². The van der Waals surface area contributed by atoms with Crippen molar-refractivity contribution in [2.45, 2.75) is 19.8 Å². The van der Waals surface area contributed by atoms with Crippen molar-refractivity contribution in [3.05, 3.63) is 76.7 Å². The number of benzene rings is 1. The van der Waals surface area contributed by atoms with Crippen molar-refractivity contribution < 1.29 is 14.1 Å². The summed E-state index contributed by atoms with van der Waals surface area (Å²) >= 11 is 5.82. The van der Waals surface area contributed by atoms with Crippen LogP contribution in [0.2, 0.25) is 5.02 Å². The molecule has 0 atom stereocenters. The van der Waals surface area contributed by atoms with Crippen LogP contribution in [0.3, 0.4) is 0 Å². The molecule has 8 nitrogen and oxygen atoms in total. The molecule has 0 aliphatic heterocycles. The number of fused-ring (bicyclic) bond motifs is 1. The minimum Gasteiger partial charge on any atom is -0.336 e. The Kier molecular flexibility index (Phi) is 5.64. The van der Waals surface area contributed by atoms with Crippen LogP contribution in [0.1, 0.15) is 46.2 Å². The van der Waals surface area contributed by atoms with Gasteiger partial charge in [-0.1, -0.05) is 42.7 Å². The van der Waals surface area contributed by atoms with E-state index in [1.165, 1.54) is 12.4 Å². The molecule has 0 unspecified atom stereocenters. The van der Waals surface area contributed by atoms with E-state index in [4.69, 9.17) is 16.1 Å². The summed E-state index contributed by atoms with van der Waals surface area (Å²) in [7, 11) is 0. The number of amides is 2. The average molecular weight is 436 g/mol. The second-order valence-electron chi connectivity index (χ2n) is 7.11. The first kappa shape index (κ1) is 20.5. The standard InChI is InChI=1S/C22H18ClN5O3/c1-12(2)19-16-9-13(10-25-22(16)31-28-19)20(29)26-17-6-4-3-5-15(17)21(30)27-18-8-7-14(23)11-24-18/h3-12H,1-2H3,(H,26,29)(H,24,27,30). The molecule has 0 fully saturated rings. The first-order chi connectivity index (χ1) is 14.9. The van der Waals surface area contributed by atoms with Crippen LogP contribution >= 0.6 is 11.6 Å². The molecule has 31 heavy (non-hydrogen) atoms. The summed E-state index contributed by atoms with van der Waals surface area (Å²) in [5.41, 5.74) is 2.07. The SMILES string of the molecule is CC(C)c1noc2ncc(C(=O)Nc3ccccc3C(=O)Nc3ccc(Cl)cn3)cc12. The minimum atomic E-state index is -0.416. The Hall–Kier alpha value is -3.78. The predicted molar refractivity (Wildman–Crippen MR) is 117 cm³/mol. The molecule has 9 heteroatoms. The maximum atomic E-state index is 12.9. The molecule has 0 spiro atoms. The van der Waals surface area contributed by atoms with Crippen LogP contribution in [-0.4, -0.2) is 26.9 Å². The van der Waals surface area contributed by atoms with Crippen molar-refractivity contribution in [1.82, 2.24) is 15.1 Å². The fraction of sp³-hybridized carbons (Fsp3) is 0.136. The quantitative estimate of drug-likeness (QED) is 0.461. The number of hydrogen-bond acceptors (Lipinski definition) is 6. The lowest BCUT2D eigenvalue weighted by Gasteiger charge is -2.11. The van der Waals surface area contributed by atoms with Crippen molar-refractivity contribution in [2.24, 2.45) is 0 Å². The molecule has 2 N–H and O–H groups in total. The van der Waals surface area contributed by atoms with E-state index >= 15 is 0 Å². The highest BCUT2D eigenvalue weighted by Crippen LogP contribution is 2.25. The molecule has 0 saturated heterocycles. The molecule has 0 aliphatic rings. The molecule has 1 aromatic carbocycles. The molecule has 156 valence electrons. The number of anilines is 2. The fourth-order valence-corrected chi connectivity index (χ4v) is 3.12. The lowest BCUT2D eigenvalue weighted by molar-refractivity contribution is 0.102. The van der Waals surface area contributed by atoms with Gasteiger partial charge in [0.05, 0.1) is 32.9 Å². The van der Waals surface area contributed by atoms with Crippen LogP contribution in [0.4, 0.5) is 11.5 Å². The van der Waals surface area contributed by atoms with Gasteiger partial charge < -0.3 is 15.2 Å². The Balaban J connectivity index is 1.57. The van der Waals surface area contributed by atoms with Gasteiger partial charge in [-0.25, -0.2) is 9.97 Å². The highest BCUT2D eigenvalue weighted by atomic mass is 35.5. The molecule has 4 aromatic rings. The Morgan fingerprint density at radius 3 is 2.55 bits per heavy atom. The van der Waals surface area contributed by atoms with E-state index < -0.39 is 11.8 Å². The molecule has 4 rings (SSSR count).